The number of ether oxygens (including phenoxy) is 1. The van der Waals surface area contributed by atoms with Crippen LogP contribution >= 0.6 is 0 Å². The van der Waals surface area contributed by atoms with E-state index in [1.807, 2.05) is 25.0 Å². The molecule has 2 heterocycles. The molecule has 2 rings (SSSR count). The average molecular weight is 237 g/mol. The van der Waals surface area contributed by atoms with E-state index < -0.39 is 0 Å². The lowest BCUT2D eigenvalue weighted by Gasteiger charge is -2.17. The third kappa shape index (κ3) is 3.30. The van der Waals surface area contributed by atoms with Crippen molar-refractivity contribution < 1.29 is 4.74 Å². The zero-order chi connectivity index (χ0) is 12.1. The van der Waals surface area contributed by atoms with Gasteiger partial charge in [0.2, 0.25) is 0 Å². The van der Waals surface area contributed by atoms with Crippen molar-refractivity contribution in [3.8, 4) is 0 Å². The number of aryl methyl sites for hydroxylation is 1. The van der Waals surface area contributed by atoms with Crippen molar-refractivity contribution in [3.05, 3.63) is 18.0 Å². The van der Waals surface area contributed by atoms with Gasteiger partial charge in [-0.2, -0.15) is 5.10 Å². The molecule has 0 saturated carbocycles. The zero-order valence-corrected chi connectivity index (χ0v) is 10.9. The first-order valence-corrected chi connectivity index (χ1v) is 6.58. The van der Waals surface area contributed by atoms with Crippen LogP contribution in [0.3, 0.4) is 0 Å². The molecule has 0 aliphatic carbocycles. The Morgan fingerprint density at radius 2 is 2.53 bits per heavy atom. The SMILES string of the molecule is CNC(CCCC1CCCO1)c1ccnn1C. The minimum absolute atomic E-state index is 0.406. The highest BCUT2D eigenvalue weighted by molar-refractivity contribution is 5.06. The third-order valence-electron chi connectivity index (χ3n) is 3.61. The van der Waals surface area contributed by atoms with E-state index in [4.69, 9.17) is 4.74 Å². The summed E-state index contributed by atoms with van der Waals surface area (Å²) in [4.78, 5) is 0. The number of hydrogen-bond acceptors (Lipinski definition) is 3. The summed E-state index contributed by atoms with van der Waals surface area (Å²) in [6.45, 7) is 0.960. The molecule has 1 aromatic heterocycles. The number of nitrogens with one attached hydrogen (secondary N) is 1. The van der Waals surface area contributed by atoms with Gasteiger partial charge < -0.3 is 10.1 Å². The van der Waals surface area contributed by atoms with Crippen LogP contribution in [0.1, 0.15) is 43.8 Å². The van der Waals surface area contributed by atoms with Crippen LogP contribution in [0.5, 0.6) is 0 Å². The molecule has 0 amide bonds. The van der Waals surface area contributed by atoms with Crippen LogP contribution in [0.25, 0.3) is 0 Å². The first-order chi connectivity index (χ1) is 8.31. The zero-order valence-electron chi connectivity index (χ0n) is 10.9. The van der Waals surface area contributed by atoms with Gasteiger partial charge in [-0.15, -0.1) is 0 Å². The van der Waals surface area contributed by atoms with Crippen molar-refractivity contribution in [2.24, 2.45) is 7.05 Å². The van der Waals surface area contributed by atoms with Gasteiger partial charge in [0.25, 0.3) is 0 Å². The summed E-state index contributed by atoms with van der Waals surface area (Å²) in [6.07, 6.45) is 8.41. The summed E-state index contributed by atoms with van der Waals surface area (Å²) < 4.78 is 7.60. The van der Waals surface area contributed by atoms with Crippen molar-refractivity contribution in [2.45, 2.75) is 44.2 Å². The first-order valence-electron chi connectivity index (χ1n) is 6.58. The monoisotopic (exact) mass is 237 g/mol. The van der Waals surface area contributed by atoms with E-state index in [1.165, 1.54) is 31.4 Å². The van der Waals surface area contributed by atoms with E-state index in [0.717, 1.165) is 13.0 Å². The van der Waals surface area contributed by atoms with Gasteiger partial charge in [-0.05, 0) is 45.2 Å². The van der Waals surface area contributed by atoms with Gasteiger partial charge in [0.15, 0.2) is 0 Å². The number of hydrogen-bond donors (Lipinski definition) is 1. The van der Waals surface area contributed by atoms with Gasteiger partial charge in [-0.3, -0.25) is 4.68 Å². The maximum absolute atomic E-state index is 5.64. The molecule has 1 N–H and O–H groups in total. The van der Waals surface area contributed by atoms with Crippen LogP contribution in [-0.2, 0) is 11.8 Å². The van der Waals surface area contributed by atoms with Crippen molar-refractivity contribution in [2.75, 3.05) is 13.7 Å². The fraction of sp³-hybridized carbons (Fsp3) is 0.769. The smallest absolute Gasteiger partial charge is 0.0576 e. The Morgan fingerprint density at radius 3 is 3.12 bits per heavy atom. The minimum atomic E-state index is 0.406. The summed E-state index contributed by atoms with van der Waals surface area (Å²) in [7, 11) is 4.02. The van der Waals surface area contributed by atoms with Crippen molar-refractivity contribution in [3.63, 3.8) is 0 Å². The summed E-state index contributed by atoms with van der Waals surface area (Å²) in [5.74, 6) is 0. The normalized spacial score (nSPS) is 21.9. The van der Waals surface area contributed by atoms with Crippen molar-refractivity contribution in [1.29, 1.82) is 0 Å². The summed E-state index contributed by atoms with van der Waals surface area (Å²) in [5, 5.41) is 7.59. The second kappa shape index (κ2) is 6.17. The molecule has 2 atom stereocenters. The molecule has 1 saturated heterocycles. The number of aromatic nitrogens is 2. The van der Waals surface area contributed by atoms with Gasteiger partial charge in [0, 0.05) is 25.9 Å². The molecule has 96 valence electrons. The van der Waals surface area contributed by atoms with Crippen LogP contribution < -0.4 is 5.32 Å². The van der Waals surface area contributed by atoms with Crippen LogP contribution in [0.15, 0.2) is 12.3 Å². The lowest BCUT2D eigenvalue weighted by molar-refractivity contribution is 0.101. The molecule has 0 spiro atoms. The topological polar surface area (TPSA) is 39.1 Å². The summed E-state index contributed by atoms with van der Waals surface area (Å²) in [5.41, 5.74) is 1.26. The highest BCUT2D eigenvalue weighted by Crippen LogP contribution is 2.22. The maximum atomic E-state index is 5.64. The van der Waals surface area contributed by atoms with Gasteiger partial charge >= 0.3 is 0 Å². The third-order valence-corrected chi connectivity index (χ3v) is 3.61. The molecule has 4 heteroatoms. The largest absolute Gasteiger partial charge is 0.378 e. The highest BCUT2D eigenvalue weighted by atomic mass is 16.5. The van der Waals surface area contributed by atoms with Gasteiger partial charge in [-0.25, -0.2) is 0 Å². The molecule has 4 nitrogen and oxygen atoms in total. The van der Waals surface area contributed by atoms with Gasteiger partial charge in [-0.1, -0.05) is 0 Å². The van der Waals surface area contributed by atoms with E-state index in [1.54, 1.807) is 0 Å². The maximum Gasteiger partial charge on any atom is 0.0576 e. The van der Waals surface area contributed by atoms with Crippen molar-refractivity contribution in [1.82, 2.24) is 15.1 Å². The molecule has 1 fully saturated rings. The minimum Gasteiger partial charge on any atom is -0.378 e. The van der Waals surface area contributed by atoms with E-state index in [-0.39, 0.29) is 0 Å². The molecule has 1 aromatic rings. The lowest BCUT2D eigenvalue weighted by atomic mass is 10.0. The van der Waals surface area contributed by atoms with Crippen LogP contribution in [-0.4, -0.2) is 29.5 Å². The Kier molecular flexibility index (Phi) is 4.57. The Morgan fingerprint density at radius 1 is 1.65 bits per heavy atom. The van der Waals surface area contributed by atoms with E-state index in [0.29, 0.717) is 12.1 Å². The van der Waals surface area contributed by atoms with E-state index in [9.17, 15) is 0 Å². The van der Waals surface area contributed by atoms with E-state index in [2.05, 4.69) is 16.5 Å². The second-order valence-electron chi connectivity index (χ2n) is 4.79. The fourth-order valence-electron chi connectivity index (χ4n) is 2.59. The standard InChI is InChI=1S/C13H23N3O/c1-14-12(13-8-9-15-16(13)2)7-3-5-11-6-4-10-17-11/h8-9,11-12,14H,3-7,10H2,1-2H3. The predicted molar refractivity (Wildman–Crippen MR) is 67.8 cm³/mol. The number of nitrogens with zero attached hydrogens (tertiary/aromatic N) is 2. The fourth-order valence-corrected chi connectivity index (χ4v) is 2.59. The van der Waals surface area contributed by atoms with Gasteiger partial charge in [0.1, 0.15) is 0 Å². The van der Waals surface area contributed by atoms with Gasteiger partial charge in [0.05, 0.1) is 11.8 Å². The van der Waals surface area contributed by atoms with Crippen LogP contribution in [0.2, 0.25) is 0 Å². The Balaban J connectivity index is 1.77. The molecular formula is C13H23N3O. The molecule has 0 radical (unpaired) electrons. The number of rotatable bonds is 6. The molecular weight excluding hydrogens is 214 g/mol. The molecule has 2 unspecified atom stereocenters. The van der Waals surface area contributed by atoms with Crippen LogP contribution in [0, 0.1) is 0 Å². The molecule has 0 bridgehead atoms. The average Bonchev–Trinajstić information content (AvgIpc) is 2.96. The highest BCUT2D eigenvalue weighted by Gasteiger charge is 2.17. The summed E-state index contributed by atoms with van der Waals surface area (Å²) >= 11 is 0. The molecule has 0 aromatic carbocycles. The Bertz CT molecular complexity index is 331. The second-order valence-corrected chi connectivity index (χ2v) is 4.79. The van der Waals surface area contributed by atoms with Crippen LogP contribution in [0.4, 0.5) is 0 Å². The van der Waals surface area contributed by atoms with Crippen molar-refractivity contribution >= 4 is 0 Å². The Labute approximate surface area is 103 Å². The molecule has 1 aliphatic heterocycles. The summed E-state index contributed by atoms with van der Waals surface area (Å²) in [6, 6.07) is 2.50. The lowest BCUT2D eigenvalue weighted by Crippen LogP contribution is -2.20. The quantitative estimate of drug-likeness (QED) is 0.823. The predicted octanol–water partition coefficient (Wildman–Crippen LogP) is 2.03. The molecule has 17 heavy (non-hydrogen) atoms. The molecule has 1 aliphatic rings. The first kappa shape index (κ1) is 12.6. The van der Waals surface area contributed by atoms with E-state index >= 15 is 0 Å². The Hall–Kier alpha value is -0.870.